The number of ether oxygens (including phenoxy) is 5. The first-order chi connectivity index (χ1) is 24.3. The maximum atomic E-state index is 12.8. The Morgan fingerprint density at radius 2 is 1.24 bits per heavy atom. The van der Waals surface area contributed by atoms with Crippen LogP contribution in [0.3, 0.4) is 0 Å². The van der Waals surface area contributed by atoms with Crippen LogP contribution in [-0.2, 0) is 24.4 Å². The third kappa shape index (κ3) is 14.1. The summed E-state index contributed by atoms with van der Waals surface area (Å²) in [5.41, 5.74) is 1.60. The van der Waals surface area contributed by atoms with Gasteiger partial charge in [0, 0.05) is 17.7 Å². The van der Waals surface area contributed by atoms with Crippen molar-refractivity contribution >= 4 is 18.2 Å². The van der Waals surface area contributed by atoms with Gasteiger partial charge >= 0.3 is 18.2 Å². The van der Waals surface area contributed by atoms with Gasteiger partial charge in [0.15, 0.2) is 6.10 Å². The van der Waals surface area contributed by atoms with Crippen LogP contribution >= 0.6 is 0 Å². The van der Waals surface area contributed by atoms with Gasteiger partial charge in [0.25, 0.3) is 0 Å². The van der Waals surface area contributed by atoms with Crippen molar-refractivity contribution in [3.05, 3.63) is 72.3 Å². The molecule has 10 nitrogen and oxygen atoms in total. The average molecular weight is 707 g/mol. The van der Waals surface area contributed by atoms with Crippen molar-refractivity contribution in [3.8, 4) is 11.5 Å². The molecule has 4 rings (SSSR count). The zero-order chi connectivity index (χ0) is 36.8. The predicted molar refractivity (Wildman–Crippen MR) is 197 cm³/mol. The van der Waals surface area contributed by atoms with E-state index in [4.69, 9.17) is 23.7 Å². The van der Waals surface area contributed by atoms with Gasteiger partial charge in [-0.1, -0.05) is 57.7 Å². The summed E-state index contributed by atoms with van der Waals surface area (Å²) >= 11 is 0. The Morgan fingerprint density at radius 3 is 1.76 bits per heavy atom. The van der Waals surface area contributed by atoms with Crippen LogP contribution in [0.25, 0.3) is 0 Å². The highest BCUT2D eigenvalue weighted by molar-refractivity contribution is 5.86. The molecule has 280 valence electrons. The van der Waals surface area contributed by atoms with Crippen LogP contribution in [0.15, 0.2) is 66.7 Å². The molecule has 2 amide bonds. The van der Waals surface area contributed by atoms with E-state index in [9.17, 15) is 14.4 Å². The molecule has 2 atom stereocenters. The third-order valence-electron chi connectivity index (χ3n) is 9.72. The zero-order valence-corrected chi connectivity index (χ0v) is 31.1. The second-order valence-corrected chi connectivity index (χ2v) is 15.3. The molecule has 2 aliphatic rings. The highest BCUT2D eigenvalue weighted by Gasteiger charge is 2.29. The van der Waals surface area contributed by atoms with E-state index in [-0.39, 0.29) is 48.5 Å². The van der Waals surface area contributed by atoms with E-state index in [0.717, 1.165) is 57.1 Å². The number of hydrogen-bond donors (Lipinski definition) is 2. The van der Waals surface area contributed by atoms with Gasteiger partial charge in [0.2, 0.25) is 0 Å². The monoisotopic (exact) mass is 706 g/mol. The fourth-order valence-corrected chi connectivity index (χ4v) is 6.70. The standard InChI is InChI=1S/C41H58N2O8/c1-28(2)38(44)49-27-37(26-48-35-10-8-7-9-11-35)51-40(46)43-34-20-14-31(15-21-34)24-30-12-18-33(19-13-30)42-39(45)50-29(3)25-47-36-22-16-32(17-23-36)41(4,5)6/h7-11,16-17,22-23,29-31,33-34,37H,1,12-15,18-21,24-27H2,2-6H3,(H,42,45)(H,43,46). The summed E-state index contributed by atoms with van der Waals surface area (Å²) in [6, 6.07) is 17.4. The first-order valence-corrected chi connectivity index (χ1v) is 18.5. The summed E-state index contributed by atoms with van der Waals surface area (Å²) < 4.78 is 28.1. The van der Waals surface area contributed by atoms with Crippen LogP contribution in [0.1, 0.15) is 98.0 Å². The molecule has 2 saturated carbocycles. The Labute approximate surface area is 304 Å². The molecule has 0 aliphatic heterocycles. The van der Waals surface area contributed by atoms with Crippen molar-refractivity contribution in [2.75, 3.05) is 19.8 Å². The lowest BCUT2D eigenvalue weighted by Gasteiger charge is -2.34. The van der Waals surface area contributed by atoms with Crippen LogP contribution in [-0.4, -0.2) is 62.3 Å². The first-order valence-electron chi connectivity index (χ1n) is 18.5. The van der Waals surface area contributed by atoms with Gasteiger partial charge in [0.1, 0.15) is 37.4 Å². The first kappa shape index (κ1) is 39.6. The quantitative estimate of drug-likeness (QED) is 0.108. The number of carbonyl (C=O) groups is 3. The molecular weight excluding hydrogens is 648 g/mol. The van der Waals surface area contributed by atoms with Gasteiger partial charge in [-0.05, 0) is 119 Å². The lowest BCUT2D eigenvalue weighted by atomic mass is 9.76. The Hall–Kier alpha value is -4.21. The summed E-state index contributed by atoms with van der Waals surface area (Å²) in [5, 5.41) is 6.07. The largest absolute Gasteiger partial charge is 0.490 e. The molecule has 0 radical (unpaired) electrons. The van der Waals surface area contributed by atoms with E-state index < -0.39 is 18.2 Å². The van der Waals surface area contributed by atoms with Gasteiger partial charge in [-0.15, -0.1) is 0 Å². The van der Waals surface area contributed by atoms with Gasteiger partial charge in [-0.25, -0.2) is 14.4 Å². The molecule has 0 heterocycles. The summed E-state index contributed by atoms with van der Waals surface area (Å²) in [4.78, 5) is 37.3. The molecule has 0 bridgehead atoms. The van der Waals surface area contributed by atoms with Crippen LogP contribution in [0.4, 0.5) is 9.59 Å². The smallest absolute Gasteiger partial charge is 0.407 e. The SMILES string of the molecule is C=C(C)C(=O)OCC(COc1ccccc1)OC(=O)NC1CCC(CC2CCC(NC(=O)OC(C)COc3ccc(C(C)(C)C)cc3)CC2)CC1. The van der Waals surface area contributed by atoms with Gasteiger partial charge in [-0.3, -0.25) is 0 Å². The molecule has 0 aromatic heterocycles. The van der Waals surface area contributed by atoms with Crippen molar-refractivity contribution < 1.29 is 38.1 Å². The minimum absolute atomic E-state index is 0.0372. The van der Waals surface area contributed by atoms with Crippen molar-refractivity contribution in [1.29, 1.82) is 0 Å². The van der Waals surface area contributed by atoms with E-state index in [2.05, 4.69) is 50.1 Å². The molecule has 2 fully saturated rings. The lowest BCUT2D eigenvalue weighted by Crippen LogP contribution is -2.42. The number of esters is 1. The number of nitrogens with one attached hydrogen (secondary N) is 2. The van der Waals surface area contributed by atoms with Crippen molar-refractivity contribution in [2.24, 2.45) is 11.8 Å². The molecule has 2 N–H and O–H groups in total. The van der Waals surface area contributed by atoms with E-state index >= 15 is 0 Å². The third-order valence-corrected chi connectivity index (χ3v) is 9.72. The highest BCUT2D eigenvalue weighted by Crippen LogP contribution is 2.35. The van der Waals surface area contributed by atoms with E-state index in [1.54, 1.807) is 6.92 Å². The van der Waals surface area contributed by atoms with Crippen LogP contribution in [0, 0.1) is 11.8 Å². The number of rotatable bonds is 15. The summed E-state index contributed by atoms with van der Waals surface area (Å²) in [6.07, 6.45) is 7.06. The van der Waals surface area contributed by atoms with Crippen LogP contribution in [0.5, 0.6) is 11.5 Å². The summed E-state index contributed by atoms with van der Waals surface area (Å²) in [7, 11) is 0. The maximum absolute atomic E-state index is 12.8. The fourth-order valence-electron chi connectivity index (χ4n) is 6.70. The molecule has 2 unspecified atom stereocenters. The normalized spacial score (nSPS) is 21.7. The van der Waals surface area contributed by atoms with E-state index in [0.29, 0.717) is 24.2 Å². The van der Waals surface area contributed by atoms with Crippen molar-refractivity contribution in [2.45, 2.75) is 122 Å². The van der Waals surface area contributed by atoms with Crippen molar-refractivity contribution in [1.82, 2.24) is 10.6 Å². The summed E-state index contributed by atoms with van der Waals surface area (Å²) in [5.74, 6) is 2.12. The fraction of sp³-hybridized carbons (Fsp3) is 0.585. The van der Waals surface area contributed by atoms with Crippen molar-refractivity contribution in [3.63, 3.8) is 0 Å². The number of alkyl carbamates (subject to hydrolysis) is 2. The molecule has 2 aliphatic carbocycles. The topological polar surface area (TPSA) is 121 Å². The minimum Gasteiger partial charge on any atom is -0.490 e. The molecule has 0 spiro atoms. The number of para-hydroxylation sites is 1. The molecule has 2 aromatic carbocycles. The number of amides is 2. The number of carbonyl (C=O) groups excluding carboxylic acids is 3. The lowest BCUT2D eigenvalue weighted by molar-refractivity contribution is -0.142. The molecule has 10 heteroatoms. The van der Waals surface area contributed by atoms with E-state index in [1.807, 2.05) is 49.4 Å². The van der Waals surface area contributed by atoms with Crippen LogP contribution in [0.2, 0.25) is 0 Å². The molecule has 0 saturated heterocycles. The van der Waals surface area contributed by atoms with Gasteiger partial charge in [0.05, 0.1) is 0 Å². The zero-order valence-electron chi connectivity index (χ0n) is 31.1. The average Bonchev–Trinajstić information content (AvgIpc) is 3.10. The van der Waals surface area contributed by atoms with Gasteiger partial charge in [-0.2, -0.15) is 0 Å². The Bertz CT molecular complexity index is 1390. The number of hydrogen-bond acceptors (Lipinski definition) is 8. The molecule has 2 aromatic rings. The molecule has 51 heavy (non-hydrogen) atoms. The highest BCUT2D eigenvalue weighted by atomic mass is 16.6. The molecular formula is C41H58N2O8. The Morgan fingerprint density at radius 1 is 0.725 bits per heavy atom. The van der Waals surface area contributed by atoms with Gasteiger partial charge < -0.3 is 34.3 Å². The number of benzene rings is 2. The van der Waals surface area contributed by atoms with E-state index in [1.165, 1.54) is 12.0 Å². The maximum Gasteiger partial charge on any atom is 0.407 e. The second-order valence-electron chi connectivity index (χ2n) is 15.3. The predicted octanol–water partition coefficient (Wildman–Crippen LogP) is 8.28. The summed E-state index contributed by atoms with van der Waals surface area (Å²) in [6.45, 7) is 13.8. The Balaban J connectivity index is 1.09. The van der Waals surface area contributed by atoms with Crippen LogP contribution < -0.4 is 20.1 Å². The Kier molecular flexibility index (Phi) is 15.1. The minimum atomic E-state index is -0.768. The second kappa shape index (κ2) is 19.4.